The molecule has 118 valence electrons. The molecule has 21 heavy (non-hydrogen) atoms. The van der Waals surface area contributed by atoms with Crippen molar-refractivity contribution in [3.63, 3.8) is 0 Å². The molecule has 0 spiro atoms. The van der Waals surface area contributed by atoms with Crippen molar-refractivity contribution in [1.29, 1.82) is 0 Å². The van der Waals surface area contributed by atoms with Crippen LogP contribution in [0.1, 0.15) is 46.2 Å². The minimum Gasteiger partial charge on any atom is -0.338 e. The summed E-state index contributed by atoms with van der Waals surface area (Å²) in [4.78, 5) is 11.9. The zero-order chi connectivity index (χ0) is 16.0. The van der Waals surface area contributed by atoms with Crippen LogP contribution >= 0.6 is 0 Å². The highest BCUT2D eigenvalue weighted by atomic mass is 16.2. The molecule has 2 amide bonds. The maximum absolute atomic E-state index is 11.9. The normalized spacial score (nSPS) is 14.4. The Kier molecular flexibility index (Phi) is 6.21. The summed E-state index contributed by atoms with van der Waals surface area (Å²) < 4.78 is 0. The number of hydrogen-bond acceptors (Lipinski definition) is 2. The van der Waals surface area contributed by atoms with E-state index < -0.39 is 0 Å². The van der Waals surface area contributed by atoms with Gasteiger partial charge in [0.2, 0.25) is 0 Å². The molecule has 1 aromatic carbocycles. The summed E-state index contributed by atoms with van der Waals surface area (Å²) in [5.74, 6) is 0.419. The Labute approximate surface area is 128 Å². The molecule has 0 aromatic heterocycles. The van der Waals surface area contributed by atoms with E-state index in [2.05, 4.69) is 50.6 Å². The van der Waals surface area contributed by atoms with Crippen LogP contribution in [0.15, 0.2) is 24.3 Å². The van der Waals surface area contributed by atoms with Crippen LogP contribution < -0.4 is 16.0 Å². The van der Waals surface area contributed by atoms with Gasteiger partial charge in [0, 0.05) is 18.3 Å². The van der Waals surface area contributed by atoms with Gasteiger partial charge >= 0.3 is 6.03 Å². The van der Waals surface area contributed by atoms with Gasteiger partial charge in [0.05, 0.1) is 0 Å². The van der Waals surface area contributed by atoms with E-state index in [-0.39, 0.29) is 11.4 Å². The SMILES string of the molecule is CNC(C)c1ccc(NC(=O)NCC(C)C(C)(C)C)cc1. The van der Waals surface area contributed by atoms with Crippen LogP contribution in [0, 0.1) is 11.3 Å². The number of rotatable bonds is 5. The third-order valence-electron chi connectivity index (χ3n) is 4.15. The smallest absolute Gasteiger partial charge is 0.319 e. The molecule has 0 aliphatic rings. The van der Waals surface area contributed by atoms with E-state index in [0.29, 0.717) is 18.5 Å². The zero-order valence-electron chi connectivity index (χ0n) is 14.1. The molecule has 0 radical (unpaired) electrons. The number of carbonyl (C=O) groups excluding carboxylic acids is 1. The highest BCUT2D eigenvalue weighted by molar-refractivity contribution is 5.89. The largest absolute Gasteiger partial charge is 0.338 e. The molecule has 0 saturated heterocycles. The number of carbonyl (C=O) groups is 1. The summed E-state index contributed by atoms with van der Waals surface area (Å²) in [6.45, 7) is 11.5. The summed E-state index contributed by atoms with van der Waals surface area (Å²) in [5.41, 5.74) is 2.20. The van der Waals surface area contributed by atoms with Gasteiger partial charge in [0.1, 0.15) is 0 Å². The van der Waals surface area contributed by atoms with Gasteiger partial charge in [0.25, 0.3) is 0 Å². The minimum absolute atomic E-state index is 0.152. The Morgan fingerprint density at radius 1 is 1.14 bits per heavy atom. The average molecular weight is 291 g/mol. The second-order valence-electron chi connectivity index (χ2n) is 6.73. The van der Waals surface area contributed by atoms with Gasteiger partial charge in [-0.15, -0.1) is 0 Å². The van der Waals surface area contributed by atoms with Crippen LogP contribution in [0.25, 0.3) is 0 Å². The molecular weight excluding hydrogens is 262 g/mol. The van der Waals surface area contributed by atoms with Crippen LogP contribution in [0.5, 0.6) is 0 Å². The molecule has 4 nitrogen and oxygen atoms in total. The molecule has 3 N–H and O–H groups in total. The Morgan fingerprint density at radius 2 is 1.71 bits per heavy atom. The van der Waals surface area contributed by atoms with Gasteiger partial charge in [-0.1, -0.05) is 39.8 Å². The Bertz CT molecular complexity index is 448. The van der Waals surface area contributed by atoms with Gasteiger partial charge in [0.15, 0.2) is 0 Å². The van der Waals surface area contributed by atoms with Crippen LogP contribution in [0.4, 0.5) is 10.5 Å². The van der Waals surface area contributed by atoms with Crippen LogP contribution in [0.2, 0.25) is 0 Å². The zero-order valence-corrected chi connectivity index (χ0v) is 14.1. The lowest BCUT2D eigenvalue weighted by atomic mass is 9.82. The number of benzene rings is 1. The lowest BCUT2D eigenvalue weighted by Gasteiger charge is -2.27. The van der Waals surface area contributed by atoms with E-state index in [1.807, 2.05) is 31.3 Å². The standard InChI is InChI=1S/C17H29N3O/c1-12(17(3,4)5)11-19-16(21)20-15-9-7-14(8-10-15)13(2)18-6/h7-10,12-13,18H,11H2,1-6H3,(H2,19,20,21). The first-order valence-corrected chi connectivity index (χ1v) is 7.56. The number of hydrogen-bond donors (Lipinski definition) is 3. The highest BCUT2D eigenvalue weighted by Gasteiger charge is 2.20. The minimum atomic E-state index is -0.152. The topological polar surface area (TPSA) is 53.2 Å². The van der Waals surface area contributed by atoms with Crippen LogP contribution in [-0.2, 0) is 0 Å². The van der Waals surface area contributed by atoms with Crippen LogP contribution in [0.3, 0.4) is 0 Å². The van der Waals surface area contributed by atoms with Crippen molar-refractivity contribution >= 4 is 11.7 Å². The molecule has 0 aliphatic heterocycles. The van der Waals surface area contributed by atoms with Crippen molar-refractivity contribution in [2.24, 2.45) is 11.3 Å². The van der Waals surface area contributed by atoms with Gasteiger partial charge in [-0.25, -0.2) is 4.79 Å². The van der Waals surface area contributed by atoms with E-state index in [4.69, 9.17) is 0 Å². The van der Waals surface area contributed by atoms with E-state index >= 15 is 0 Å². The lowest BCUT2D eigenvalue weighted by molar-refractivity contribution is 0.233. The molecule has 2 unspecified atom stereocenters. The maximum Gasteiger partial charge on any atom is 0.319 e. The van der Waals surface area contributed by atoms with Crippen molar-refractivity contribution in [2.75, 3.05) is 18.9 Å². The van der Waals surface area contributed by atoms with E-state index in [1.165, 1.54) is 5.56 Å². The second-order valence-corrected chi connectivity index (χ2v) is 6.73. The summed E-state index contributed by atoms with van der Waals surface area (Å²) >= 11 is 0. The van der Waals surface area contributed by atoms with Gasteiger partial charge in [-0.05, 0) is 43.0 Å². The van der Waals surface area contributed by atoms with E-state index in [9.17, 15) is 4.79 Å². The Morgan fingerprint density at radius 3 is 2.19 bits per heavy atom. The Hall–Kier alpha value is -1.55. The number of nitrogens with one attached hydrogen (secondary N) is 3. The van der Waals surface area contributed by atoms with E-state index in [0.717, 1.165) is 5.69 Å². The summed E-state index contributed by atoms with van der Waals surface area (Å²) in [5, 5.41) is 8.97. The molecule has 1 aromatic rings. The number of amides is 2. The third kappa shape index (κ3) is 5.76. The molecule has 0 fully saturated rings. The molecule has 0 aliphatic carbocycles. The van der Waals surface area contributed by atoms with Crippen molar-refractivity contribution in [3.8, 4) is 0 Å². The highest BCUT2D eigenvalue weighted by Crippen LogP contribution is 2.24. The first-order chi connectivity index (χ1) is 9.74. The predicted molar refractivity (Wildman–Crippen MR) is 89.6 cm³/mol. The van der Waals surface area contributed by atoms with Crippen molar-refractivity contribution in [1.82, 2.24) is 10.6 Å². The molecule has 1 rings (SSSR count). The summed E-state index contributed by atoms with van der Waals surface area (Å²) in [7, 11) is 1.93. The van der Waals surface area contributed by atoms with Gasteiger partial charge in [-0.2, -0.15) is 0 Å². The quantitative estimate of drug-likeness (QED) is 0.773. The fourth-order valence-corrected chi connectivity index (χ4v) is 1.75. The molecule has 2 atom stereocenters. The molecule has 0 saturated carbocycles. The molecule has 4 heteroatoms. The maximum atomic E-state index is 11.9. The van der Waals surface area contributed by atoms with Crippen molar-refractivity contribution in [3.05, 3.63) is 29.8 Å². The van der Waals surface area contributed by atoms with Crippen LogP contribution in [-0.4, -0.2) is 19.6 Å². The fourth-order valence-electron chi connectivity index (χ4n) is 1.75. The van der Waals surface area contributed by atoms with Crippen molar-refractivity contribution < 1.29 is 4.79 Å². The second kappa shape index (κ2) is 7.46. The first-order valence-electron chi connectivity index (χ1n) is 7.56. The number of anilines is 1. The summed E-state index contributed by atoms with van der Waals surface area (Å²) in [6.07, 6.45) is 0. The molecule has 0 heterocycles. The Balaban J connectivity index is 2.48. The van der Waals surface area contributed by atoms with Gasteiger partial charge in [-0.3, -0.25) is 0 Å². The lowest BCUT2D eigenvalue weighted by Crippen LogP contribution is -2.36. The monoisotopic (exact) mass is 291 g/mol. The predicted octanol–water partition coefficient (Wildman–Crippen LogP) is 3.77. The molecule has 0 bridgehead atoms. The third-order valence-corrected chi connectivity index (χ3v) is 4.15. The average Bonchev–Trinajstić information content (AvgIpc) is 2.43. The van der Waals surface area contributed by atoms with Gasteiger partial charge < -0.3 is 16.0 Å². The fraction of sp³-hybridized carbons (Fsp3) is 0.588. The van der Waals surface area contributed by atoms with E-state index in [1.54, 1.807) is 0 Å². The first kappa shape index (κ1) is 17.5. The molecular formula is C17H29N3O. The number of urea groups is 1. The summed E-state index contributed by atoms with van der Waals surface area (Å²) in [6, 6.07) is 8.05. The van der Waals surface area contributed by atoms with Crippen molar-refractivity contribution in [2.45, 2.75) is 40.7 Å².